The van der Waals surface area contributed by atoms with Gasteiger partial charge in [-0.05, 0) is 35.6 Å². The number of carbonyl (C=O) groups is 1. The number of carbonyl (C=O) groups excluding carboxylic acids is 1. The molecule has 0 bridgehead atoms. The first-order valence-electron chi connectivity index (χ1n) is 10.3. The molecular formula is C26H29NO2. The summed E-state index contributed by atoms with van der Waals surface area (Å²) in [6.07, 6.45) is 1.50. The van der Waals surface area contributed by atoms with Gasteiger partial charge >= 0.3 is 0 Å². The maximum absolute atomic E-state index is 13.5. The Labute approximate surface area is 173 Å². The van der Waals surface area contributed by atoms with Crippen molar-refractivity contribution in [3.05, 3.63) is 94.5 Å². The molecule has 3 heteroatoms. The van der Waals surface area contributed by atoms with Gasteiger partial charge in [0.1, 0.15) is 5.75 Å². The van der Waals surface area contributed by atoms with E-state index in [-0.39, 0.29) is 11.5 Å². The number of ketones is 1. The van der Waals surface area contributed by atoms with Crippen LogP contribution in [0.2, 0.25) is 0 Å². The highest BCUT2D eigenvalue weighted by Crippen LogP contribution is 2.32. The number of phenols is 1. The topological polar surface area (TPSA) is 49.3 Å². The molecule has 0 heterocycles. The van der Waals surface area contributed by atoms with Gasteiger partial charge in [-0.25, -0.2) is 0 Å². The normalized spacial score (nSPS) is 10.9. The Kier molecular flexibility index (Phi) is 6.71. The molecule has 3 aromatic carbocycles. The molecule has 0 aliphatic heterocycles. The number of anilines is 1. The second-order valence-corrected chi connectivity index (χ2v) is 7.68. The fraction of sp³-hybridized carbons (Fsp3) is 0.269. The third-order valence-corrected chi connectivity index (χ3v) is 5.18. The molecule has 150 valence electrons. The van der Waals surface area contributed by atoms with Crippen LogP contribution >= 0.6 is 0 Å². The molecule has 0 atom stereocenters. The molecule has 0 amide bonds. The minimum atomic E-state index is -0.0600. The van der Waals surface area contributed by atoms with Crippen LogP contribution in [0.15, 0.2) is 66.7 Å². The van der Waals surface area contributed by atoms with Gasteiger partial charge in [0.2, 0.25) is 0 Å². The van der Waals surface area contributed by atoms with Gasteiger partial charge < -0.3 is 10.4 Å². The van der Waals surface area contributed by atoms with Crippen molar-refractivity contribution in [3.63, 3.8) is 0 Å². The van der Waals surface area contributed by atoms with Gasteiger partial charge in [-0.2, -0.15) is 0 Å². The molecule has 0 aromatic heterocycles. The van der Waals surface area contributed by atoms with E-state index in [9.17, 15) is 9.90 Å². The fourth-order valence-corrected chi connectivity index (χ4v) is 3.50. The predicted octanol–water partition coefficient (Wildman–Crippen LogP) is 6.31. The van der Waals surface area contributed by atoms with Crippen LogP contribution in [0.5, 0.6) is 5.75 Å². The first-order valence-corrected chi connectivity index (χ1v) is 10.3. The molecular weight excluding hydrogens is 358 g/mol. The van der Waals surface area contributed by atoms with Gasteiger partial charge in [0.25, 0.3) is 0 Å². The average molecular weight is 388 g/mol. The maximum Gasteiger partial charge on any atom is 0.195 e. The monoisotopic (exact) mass is 387 g/mol. The largest absolute Gasteiger partial charge is 0.508 e. The summed E-state index contributed by atoms with van der Waals surface area (Å²) in [6, 6.07) is 21.4. The van der Waals surface area contributed by atoms with E-state index in [4.69, 9.17) is 0 Å². The molecule has 0 radical (unpaired) electrons. The van der Waals surface area contributed by atoms with E-state index in [1.807, 2.05) is 54.6 Å². The van der Waals surface area contributed by atoms with Crippen LogP contribution in [-0.4, -0.2) is 10.9 Å². The van der Waals surface area contributed by atoms with Crippen LogP contribution in [0.1, 0.15) is 65.7 Å². The van der Waals surface area contributed by atoms with E-state index in [2.05, 4.69) is 26.1 Å². The van der Waals surface area contributed by atoms with Gasteiger partial charge in [0, 0.05) is 23.4 Å². The number of hydrogen-bond acceptors (Lipinski definition) is 3. The Morgan fingerprint density at radius 2 is 1.66 bits per heavy atom. The van der Waals surface area contributed by atoms with Crippen molar-refractivity contribution in [2.75, 3.05) is 5.32 Å². The van der Waals surface area contributed by atoms with E-state index in [1.165, 1.54) is 5.56 Å². The second kappa shape index (κ2) is 9.42. The summed E-state index contributed by atoms with van der Waals surface area (Å²) >= 11 is 0. The summed E-state index contributed by atoms with van der Waals surface area (Å²) < 4.78 is 0. The number of rotatable bonds is 8. The first-order chi connectivity index (χ1) is 14.0. The summed E-state index contributed by atoms with van der Waals surface area (Å²) in [5, 5.41) is 13.9. The number of nitrogens with one attached hydrogen (secondary N) is 1. The van der Waals surface area contributed by atoms with Crippen molar-refractivity contribution in [3.8, 4) is 5.75 Å². The fourth-order valence-electron chi connectivity index (χ4n) is 3.50. The second-order valence-electron chi connectivity index (χ2n) is 7.68. The number of aromatic hydroxyl groups is 1. The molecule has 3 rings (SSSR count). The molecule has 0 aliphatic carbocycles. The van der Waals surface area contributed by atoms with Crippen molar-refractivity contribution in [2.45, 2.75) is 46.1 Å². The number of phenolic OH excluding ortho intramolecular Hbond substituents is 1. The smallest absolute Gasteiger partial charge is 0.195 e. The summed E-state index contributed by atoms with van der Waals surface area (Å²) in [5.74, 6) is 0.535. The summed E-state index contributed by atoms with van der Waals surface area (Å²) in [4.78, 5) is 13.5. The van der Waals surface area contributed by atoms with Crippen molar-refractivity contribution in [1.29, 1.82) is 0 Å². The first kappa shape index (κ1) is 20.7. The standard InChI is InChI=1S/C26H29NO2/c1-4-8-22-24(28)16-15-23(27-17-19-9-6-5-7-10-19)25(22)26(29)21-13-11-20(12-14-21)18(2)3/h5-7,9-16,18,27-28H,4,8,17H2,1-3H3. The van der Waals surface area contributed by atoms with Crippen LogP contribution in [-0.2, 0) is 13.0 Å². The lowest BCUT2D eigenvalue weighted by Gasteiger charge is -2.17. The van der Waals surface area contributed by atoms with Gasteiger partial charge in [0.05, 0.1) is 5.56 Å². The summed E-state index contributed by atoms with van der Waals surface area (Å²) in [7, 11) is 0. The SMILES string of the molecule is CCCc1c(O)ccc(NCc2ccccc2)c1C(=O)c1ccc(C(C)C)cc1. The maximum atomic E-state index is 13.5. The highest BCUT2D eigenvalue weighted by Gasteiger charge is 2.21. The van der Waals surface area contributed by atoms with E-state index >= 15 is 0 Å². The number of benzene rings is 3. The highest BCUT2D eigenvalue weighted by molar-refractivity contribution is 6.13. The van der Waals surface area contributed by atoms with E-state index < -0.39 is 0 Å². The van der Waals surface area contributed by atoms with Crippen molar-refractivity contribution in [1.82, 2.24) is 0 Å². The van der Waals surface area contributed by atoms with E-state index in [1.54, 1.807) is 12.1 Å². The van der Waals surface area contributed by atoms with Crippen molar-refractivity contribution >= 4 is 11.5 Å². The summed E-state index contributed by atoms with van der Waals surface area (Å²) in [5.41, 5.74) is 5.02. The van der Waals surface area contributed by atoms with Crippen LogP contribution < -0.4 is 5.32 Å². The van der Waals surface area contributed by atoms with E-state index in [0.29, 0.717) is 35.6 Å². The zero-order chi connectivity index (χ0) is 20.8. The van der Waals surface area contributed by atoms with Crippen LogP contribution in [0.25, 0.3) is 0 Å². The predicted molar refractivity (Wildman–Crippen MR) is 120 cm³/mol. The van der Waals surface area contributed by atoms with Crippen LogP contribution in [0.4, 0.5) is 5.69 Å². The Morgan fingerprint density at radius 1 is 0.966 bits per heavy atom. The molecule has 3 aromatic rings. The molecule has 0 saturated heterocycles. The molecule has 0 spiro atoms. The van der Waals surface area contributed by atoms with E-state index in [0.717, 1.165) is 17.7 Å². The Balaban J connectivity index is 1.99. The lowest BCUT2D eigenvalue weighted by atomic mass is 9.92. The Bertz CT molecular complexity index is 960. The molecule has 0 unspecified atom stereocenters. The molecule has 0 fully saturated rings. The molecule has 2 N–H and O–H groups in total. The zero-order valence-electron chi connectivity index (χ0n) is 17.4. The lowest BCUT2D eigenvalue weighted by molar-refractivity contribution is 0.103. The third kappa shape index (κ3) is 4.86. The highest BCUT2D eigenvalue weighted by atomic mass is 16.3. The molecule has 29 heavy (non-hydrogen) atoms. The third-order valence-electron chi connectivity index (χ3n) is 5.18. The van der Waals surface area contributed by atoms with Gasteiger partial charge in [-0.15, -0.1) is 0 Å². The molecule has 0 aliphatic rings. The minimum Gasteiger partial charge on any atom is -0.508 e. The van der Waals surface area contributed by atoms with Gasteiger partial charge in [-0.1, -0.05) is 81.8 Å². The summed E-state index contributed by atoms with van der Waals surface area (Å²) in [6.45, 7) is 6.94. The van der Waals surface area contributed by atoms with Crippen LogP contribution in [0, 0.1) is 0 Å². The molecule has 3 nitrogen and oxygen atoms in total. The molecule has 0 saturated carbocycles. The average Bonchev–Trinajstić information content (AvgIpc) is 2.74. The quantitative estimate of drug-likeness (QED) is 0.352. The minimum absolute atomic E-state index is 0.0600. The lowest BCUT2D eigenvalue weighted by Crippen LogP contribution is -2.12. The van der Waals surface area contributed by atoms with Gasteiger partial charge in [-0.3, -0.25) is 4.79 Å². The van der Waals surface area contributed by atoms with Crippen molar-refractivity contribution in [2.24, 2.45) is 0 Å². The zero-order valence-corrected chi connectivity index (χ0v) is 17.4. The van der Waals surface area contributed by atoms with Crippen LogP contribution in [0.3, 0.4) is 0 Å². The van der Waals surface area contributed by atoms with Gasteiger partial charge in [0.15, 0.2) is 5.78 Å². The van der Waals surface area contributed by atoms with Crippen molar-refractivity contribution < 1.29 is 9.90 Å². The Hall–Kier alpha value is -3.07. The Morgan fingerprint density at radius 3 is 2.28 bits per heavy atom. The number of hydrogen-bond donors (Lipinski definition) is 2.